The average Bonchev–Trinajstić information content (AvgIpc) is 3.15. The molecule has 2 aromatic rings. The Morgan fingerprint density at radius 3 is 2.62 bits per heavy atom. The van der Waals surface area contributed by atoms with Crippen molar-refractivity contribution in [2.24, 2.45) is 5.92 Å². The quantitative estimate of drug-likeness (QED) is 0.757. The van der Waals surface area contributed by atoms with E-state index in [0.29, 0.717) is 25.9 Å². The van der Waals surface area contributed by atoms with Gasteiger partial charge in [-0.05, 0) is 30.5 Å². The molecule has 3 rings (SSSR count). The van der Waals surface area contributed by atoms with Crippen molar-refractivity contribution in [3.8, 4) is 0 Å². The summed E-state index contributed by atoms with van der Waals surface area (Å²) in [5, 5.41) is 26.4. The molecule has 24 heavy (non-hydrogen) atoms. The number of H-pyrrole nitrogens is 1. The van der Waals surface area contributed by atoms with Crippen LogP contribution in [0.3, 0.4) is 0 Å². The van der Waals surface area contributed by atoms with Crippen molar-refractivity contribution in [1.29, 1.82) is 0 Å². The van der Waals surface area contributed by atoms with E-state index in [2.05, 4.69) is 10.2 Å². The molecule has 1 aromatic heterocycles. The lowest BCUT2D eigenvalue weighted by atomic mass is 10.0. The summed E-state index contributed by atoms with van der Waals surface area (Å²) in [5.74, 6) is 0.0416. The highest BCUT2D eigenvalue weighted by Gasteiger charge is 2.34. The molecule has 0 saturated carbocycles. The molecule has 2 atom stereocenters. The molecule has 3 N–H and O–H groups in total. The van der Waals surface area contributed by atoms with Gasteiger partial charge in [0.2, 0.25) is 5.91 Å². The van der Waals surface area contributed by atoms with E-state index in [1.807, 2.05) is 37.3 Å². The van der Waals surface area contributed by atoms with Crippen LogP contribution in [0, 0.1) is 12.8 Å². The number of β-amino-alcohol motifs (C(OH)–C–C–N with tert-alkyl or cyclic N) is 1. The number of benzene rings is 1. The number of hydrogen-bond acceptors (Lipinski definition) is 4. The van der Waals surface area contributed by atoms with E-state index < -0.39 is 6.10 Å². The number of carbonyl (C=O) groups excluding carboxylic acids is 1. The molecule has 0 aliphatic carbocycles. The standard InChI is InChI=1S/C18H23N3O3/c1-12-6-16(20-19-12)8-15-9-21(10-17(15)23)18(24)7-13-2-4-14(11-22)5-3-13/h2-6,15,17,22-23H,7-11H2,1H3,(H,19,20)/t15-,17+/m1/s1. The number of aliphatic hydroxyl groups excluding tert-OH is 2. The van der Waals surface area contributed by atoms with Gasteiger partial charge in [-0.15, -0.1) is 0 Å². The molecular formula is C18H23N3O3. The van der Waals surface area contributed by atoms with Crippen molar-refractivity contribution in [3.05, 3.63) is 52.8 Å². The molecule has 2 heterocycles. The first kappa shape index (κ1) is 16.7. The van der Waals surface area contributed by atoms with Gasteiger partial charge >= 0.3 is 0 Å². The van der Waals surface area contributed by atoms with E-state index in [1.165, 1.54) is 0 Å². The van der Waals surface area contributed by atoms with Crippen molar-refractivity contribution in [2.45, 2.75) is 32.5 Å². The molecule has 6 nitrogen and oxygen atoms in total. The number of hydrogen-bond donors (Lipinski definition) is 3. The van der Waals surface area contributed by atoms with Crippen molar-refractivity contribution in [1.82, 2.24) is 15.1 Å². The highest BCUT2D eigenvalue weighted by Crippen LogP contribution is 2.22. The van der Waals surface area contributed by atoms with E-state index >= 15 is 0 Å². The normalized spacial score (nSPS) is 20.5. The number of amides is 1. The second-order valence-electron chi connectivity index (χ2n) is 6.52. The number of aryl methyl sites for hydroxylation is 1. The van der Waals surface area contributed by atoms with E-state index in [-0.39, 0.29) is 18.4 Å². The van der Waals surface area contributed by atoms with Crippen LogP contribution in [0.2, 0.25) is 0 Å². The van der Waals surface area contributed by atoms with Crippen LogP contribution in [-0.4, -0.2) is 50.4 Å². The summed E-state index contributed by atoms with van der Waals surface area (Å²) < 4.78 is 0. The number of aliphatic hydroxyl groups is 2. The van der Waals surface area contributed by atoms with Gasteiger partial charge in [-0.25, -0.2) is 0 Å². The molecule has 0 unspecified atom stereocenters. The molecule has 1 fully saturated rings. The number of aromatic nitrogens is 2. The van der Waals surface area contributed by atoms with Crippen LogP contribution in [0.25, 0.3) is 0 Å². The highest BCUT2D eigenvalue weighted by molar-refractivity contribution is 5.79. The van der Waals surface area contributed by atoms with Crippen LogP contribution in [0.4, 0.5) is 0 Å². The third-order valence-electron chi connectivity index (χ3n) is 4.55. The number of nitrogens with one attached hydrogen (secondary N) is 1. The Kier molecular flexibility index (Phi) is 4.97. The van der Waals surface area contributed by atoms with Crippen LogP contribution in [0.15, 0.2) is 30.3 Å². The fraction of sp³-hybridized carbons (Fsp3) is 0.444. The highest BCUT2D eigenvalue weighted by atomic mass is 16.3. The van der Waals surface area contributed by atoms with Crippen molar-refractivity contribution < 1.29 is 15.0 Å². The minimum absolute atomic E-state index is 0.000881. The van der Waals surface area contributed by atoms with Crippen LogP contribution in [0.5, 0.6) is 0 Å². The Morgan fingerprint density at radius 1 is 1.29 bits per heavy atom. The zero-order chi connectivity index (χ0) is 17.1. The summed E-state index contributed by atoms with van der Waals surface area (Å²) >= 11 is 0. The summed E-state index contributed by atoms with van der Waals surface area (Å²) in [7, 11) is 0. The van der Waals surface area contributed by atoms with Crippen molar-refractivity contribution in [3.63, 3.8) is 0 Å². The summed E-state index contributed by atoms with van der Waals surface area (Å²) in [4.78, 5) is 14.2. The van der Waals surface area contributed by atoms with Gasteiger partial charge in [-0.1, -0.05) is 24.3 Å². The maximum atomic E-state index is 12.5. The molecule has 1 amide bonds. The second-order valence-corrected chi connectivity index (χ2v) is 6.52. The Balaban J connectivity index is 1.57. The Labute approximate surface area is 141 Å². The Hall–Kier alpha value is -2.18. The van der Waals surface area contributed by atoms with Gasteiger partial charge in [0.15, 0.2) is 0 Å². The van der Waals surface area contributed by atoms with Crippen molar-refractivity contribution in [2.75, 3.05) is 13.1 Å². The number of carbonyl (C=O) groups is 1. The van der Waals surface area contributed by atoms with Gasteiger partial charge in [0, 0.05) is 24.7 Å². The third kappa shape index (κ3) is 3.83. The average molecular weight is 329 g/mol. The number of likely N-dealkylation sites (tertiary alicyclic amines) is 1. The molecule has 1 saturated heterocycles. The second kappa shape index (κ2) is 7.15. The molecule has 0 bridgehead atoms. The summed E-state index contributed by atoms with van der Waals surface area (Å²) in [6, 6.07) is 9.34. The first-order valence-corrected chi connectivity index (χ1v) is 8.20. The van der Waals surface area contributed by atoms with Gasteiger partial charge < -0.3 is 15.1 Å². The monoisotopic (exact) mass is 329 g/mol. The Morgan fingerprint density at radius 2 is 2.00 bits per heavy atom. The predicted molar refractivity (Wildman–Crippen MR) is 89.2 cm³/mol. The fourth-order valence-electron chi connectivity index (χ4n) is 3.15. The minimum atomic E-state index is -0.511. The topological polar surface area (TPSA) is 89.5 Å². The van der Waals surface area contributed by atoms with Gasteiger partial charge in [0.05, 0.1) is 24.8 Å². The van der Waals surface area contributed by atoms with Gasteiger partial charge in [0.1, 0.15) is 0 Å². The Bertz CT molecular complexity index is 696. The smallest absolute Gasteiger partial charge is 0.227 e. The maximum Gasteiger partial charge on any atom is 0.227 e. The maximum absolute atomic E-state index is 12.5. The summed E-state index contributed by atoms with van der Waals surface area (Å²) in [5.41, 5.74) is 3.66. The van der Waals surface area contributed by atoms with E-state index in [4.69, 9.17) is 5.11 Å². The fourth-order valence-corrected chi connectivity index (χ4v) is 3.15. The van der Waals surface area contributed by atoms with Gasteiger partial charge in [0.25, 0.3) is 0 Å². The number of aromatic amines is 1. The molecule has 1 aliphatic heterocycles. The lowest BCUT2D eigenvalue weighted by Crippen LogP contribution is -2.31. The SMILES string of the molecule is Cc1cc(C[C@@H]2CN(C(=O)Cc3ccc(CO)cc3)C[C@@H]2O)n[nH]1. The molecule has 6 heteroatoms. The molecule has 1 aromatic carbocycles. The van der Waals surface area contributed by atoms with E-state index in [1.54, 1.807) is 4.90 Å². The largest absolute Gasteiger partial charge is 0.392 e. The minimum Gasteiger partial charge on any atom is -0.392 e. The molecule has 0 spiro atoms. The third-order valence-corrected chi connectivity index (χ3v) is 4.55. The molecular weight excluding hydrogens is 306 g/mol. The van der Waals surface area contributed by atoms with Crippen LogP contribution < -0.4 is 0 Å². The first-order chi connectivity index (χ1) is 11.5. The first-order valence-electron chi connectivity index (χ1n) is 8.20. The van der Waals surface area contributed by atoms with Gasteiger partial charge in [-0.3, -0.25) is 9.89 Å². The van der Waals surface area contributed by atoms with Gasteiger partial charge in [-0.2, -0.15) is 5.10 Å². The zero-order valence-corrected chi connectivity index (χ0v) is 13.8. The predicted octanol–water partition coefficient (Wildman–Crippen LogP) is 0.815. The zero-order valence-electron chi connectivity index (χ0n) is 13.8. The number of nitrogens with zero attached hydrogens (tertiary/aromatic N) is 2. The molecule has 0 radical (unpaired) electrons. The lowest BCUT2D eigenvalue weighted by molar-refractivity contribution is -0.129. The molecule has 128 valence electrons. The van der Waals surface area contributed by atoms with E-state index in [0.717, 1.165) is 22.5 Å². The van der Waals surface area contributed by atoms with Crippen molar-refractivity contribution >= 4 is 5.91 Å². The number of rotatable bonds is 5. The van der Waals surface area contributed by atoms with E-state index in [9.17, 15) is 9.90 Å². The van der Waals surface area contributed by atoms with Crippen LogP contribution >= 0.6 is 0 Å². The van der Waals surface area contributed by atoms with Crippen LogP contribution in [0.1, 0.15) is 22.5 Å². The van der Waals surface area contributed by atoms with Crippen LogP contribution in [-0.2, 0) is 24.2 Å². The summed E-state index contributed by atoms with van der Waals surface area (Å²) in [6.45, 7) is 2.88. The summed E-state index contributed by atoms with van der Waals surface area (Å²) in [6.07, 6.45) is 0.468. The lowest BCUT2D eigenvalue weighted by Gasteiger charge is -2.16. The molecule has 1 aliphatic rings.